The van der Waals surface area contributed by atoms with Crippen LogP contribution in [0.25, 0.3) is 0 Å². The second-order valence-electron chi connectivity index (χ2n) is 3.64. The SMILES string of the molecule is CC(=O)c1ccnc(SCC(C)C)c1. The molecule has 0 aliphatic heterocycles. The molecule has 0 bridgehead atoms. The quantitative estimate of drug-likeness (QED) is 0.564. The van der Waals surface area contributed by atoms with E-state index in [1.165, 1.54) is 0 Å². The molecule has 0 amide bonds. The van der Waals surface area contributed by atoms with E-state index in [0.717, 1.165) is 16.3 Å². The van der Waals surface area contributed by atoms with Gasteiger partial charge in [0.25, 0.3) is 0 Å². The van der Waals surface area contributed by atoms with E-state index < -0.39 is 0 Å². The standard InChI is InChI=1S/C11H15NOS/c1-8(2)7-14-11-6-10(9(3)13)4-5-12-11/h4-6,8H,7H2,1-3H3. The van der Waals surface area contributed by atoms with Crippen molar-refractivity contribution in [2.24, 2.45) is 5.92 Å². The summed E-state index contributed by atoms with van der Waals surface area (Å²) >= 11 is 1.70. The number of hydrogen-bond acceptors (Lipinski definition) is 3. The largest absolute Gasteiger partial charge is 0.295 e. The third-order valence-electron chi connectivity index (χ3n) is 1.71. The third kappa shape index (κ3) is 3.50. The fourth-order valence-corrected chi connectivity index (χ4v) is 1.81. The second-order valence-corrected chi connectivity index (χ2v) is 4.68. The molecule has 2 nitrogen and oxygen atoms in total. The molecule has 3 heteroatoms. The second kappa shape index (κ2) is 5.15. The van der Waals surface area contributed by atoms with Crippen molar-refractivity contribution in [3.63, 3.8) is 0 Å². The van der Waals surface area contributed by atoms with Crippen LogP contribution in [0.15, 0.2) is 23.4 Å². The number of rotatable bonds is 4. The van der Waals surface area contributed by atoms with Gasteiger partial charge in [0.05, 0.1) is 5.03 Å². The highest BCUT2D eigenvalue weighted by molar-refractivity contribution is 7.99. The number of pyridine rings is 1. The lowest BCUT2D eigenvalue weighted by Crippen LogP contribution is -1.95. The molecular weight excluding hydrogens is 194 g/mol. The van der Waals surface area contributed by atoms with E-state index in [-0.39, 0.29) is 5.78 Å². The van der Waals surface area contributed by atoms with Crippen LogP contribution in [0.3, 0.4) is 0 Å². The summed E-state index contributed by atoms with van der Waals surface area (Å²) in [7, 11) is 0. The fourth-order valence-electron chi connectivity index (χ4n) is 0.959. The Morgan fingerprint density at radius 1 is 1.57 bits per heavy atom. The number of aromatic nitrogens is 1. The third-order valence-corrected chi connectivity index (χ3v) is 3.06. The number of Topliss-reactive ketones (excluding diaryl/α,β-unsaturated/α-hetero) is 1. The first-order valence-electron chi connectivity index (χ1n) is 4.69. The van der Waals surface area contributed by atoms with Gasteiger partial charge in [0.2, 0.25) is 0 Å². The summed E-state index contributed by atoms with van der Waals surface area (Å²) in [5, 5.41) is 0.936. The predicted molar refractivity (Wildman–Crippen MR) is 59.8 cm³/mol. The van der Waals surface area contributed by atoms with Gasteiger partial charge in [-0.25, -0.2) is 4.98 Å². The zero-order valence-electron chi connectivity index (χ0n) is 8.78. The van der Waals surface area contributed by atoms with Crippen molar-refractivity contribution in [2.45, 2.75) is 25.8 Å². The number of ketones is 1. The van der Waals surface area contributed by atoms with Gasteiger partial charge in [0, 0.05) is 17.5 Å². The molecular formula is C11H15NOS. The van der Waals surface area contributed by atoms with E-state index >= 15 is 0 Å². The molecule has 1 rings (SSSR count). The molecule has 76 valence electrons. The summed E-state index contributed by atoms with van der Waals surface area (Å²) in [6, 6.07) is 3.61. The highest BCUT2D eigenvalue weighted by atomic mass is 32.2. The van der Waals surface area contributed by atoms with Crippen molar-refractivity contribution in [2.75, 3.05) is 5.75 Å². The van der Waals surface area contributed by atoms with Crippen LogP contribution in [-0.2, 0) is 0 Å². The number of carbonyl (C=O) groups is 1. The molecule has 1 aromatic rings. The molecule has 0 saturated heterocycles. The van der Waals surface area contributed by atoms with E-state index in [4.69, 9.17) is 0 Å². The van der Waals surface area contributed by atoms with Gasteiger partial charge in [-0.05, 0) is 25.0 Å². The maximum atomic E-state index is 11.1. The Labute approximate surface area is 89.1 Å². The van der Waals surface area contributed by atoms with Gasteiger partial charge < -0.3 is 0 Å². The van der Waals surface area contributed by atoms with Gasteiger partial charge in [-0.15, -0.1) is 11.8 Å². The summed E-state index contributed by atoms with van der Waals surface area (Å²) in [4.78, 5) is 15.3. The number of thioether (sulfide) groups is 1. The first-order chi connectivity index (χ1) is 6.59. The molecule has 1 aromatic heterocycles. The molecule has 0 unspecified atom stereocenters. The van der Waals surface area contributed by atoms with Crippen molar-refractivity contribution in [3.8, 4) is 0 Å². The summed E-state index contributed by atoms with van der Waals surface area (Å²) < 4.78 is 0. The highest BCUT2D eigenvalue weighted by Crippen LogP contribution is 2.19. The lowest BCUT2D eigenvalue weighted by Gasteiger charge is -2.04. The first-order valence-corrected chi connectivity index (χ1v) is 5.68. The lowest BCUT2D eigenvalue weighted by atomic mass is 10.2. The van der Waals surface area contributed by atoms with Gasteiger partial charge in [0.1, 0.15) is 0 Å². The fraction of sp³-hybridized carbons (Fsp3) is 0.455. The Kier molecular flexibility index (Phi) is 4.14. The van der Waals surface area contributed by atoms with Crippen LogP contribution >= 0.6 is 11.8 Å². The molecule has 0 saturated carbocycles. The molecule has 0 atom stereocenters. The minimum Gasteiger partial charge on any atom is -0.295 e. The summed E-state index contributed by atoms with van der Waals surface area (Å²) in [6.07, 6.45) is 1.69. The van der Waals surface area contributed by atoms with Crippen LogP contribution in [0.2, 0.25) is 0 Å². The molecule has 0 aromatic carbocycles. The Morgan fingerprint density at radius 3 is 2.86 bits per heavy atom. The topological polar surface area (TPSA) is 30.0 Å². The van der Waals surface area contributed by atoms with E-state index in [9.17, 15) is 4.79 Å². The van der Waals surface area contributed by atoms with Crippen molar-refractivity contribution in [3.05, 3.63) is 23.9 Å². The van der Waals surface area contributed by atoms with E-state index in [0.29, 0.717) is 5.92 Å². The lowest BCUT2D eigenvalue weighted by molar-refractivity contribution is 0.101. The minimum absolute atomic E-state index is 0.0961. The van der Waals surface area contributed by atoms with Crippen LogP contribution in [0, 0.1) is 5.92 Å². The van der Waals surface area contributed by atoms with Crippen molar-refractivity contribution in [1.29, 1.82) is 0 Å². The molecule has 0 fully saturated rings. The number of carbonyl (C=O) groups excluding carboxylic acids is 1. The number of nitrogens with zero attached hydrogens (tertiary/aromatic N) is 1. The van der Waals surface area contributed by atoms with Gasteiger partial charge in [-0.3, -0.25) is 4.79 Å². The van der Waals surface area contributed by atoms with Crippen LogP contribution in [0.1, 0.15) is 31.1 Å². The van der Waals surface area contributed by atoms with Crippen molar-refractivity contribution < 1.29 is 4.79 Å². The summed E-state index contributed by atoms with van der Waals surface area (Å²) in [5.41, 5.74) is 0.742. The molecule has 14 heavy (non-hydrogen) atoms. The zero-order valence-corrected chi connectivity index (χ0v) is 9.60. The molecule has 0 N–H and O–H groups in total. The van der Waals surface area contributed by atoms with Gasteiger partial charge in [-0.2, -0.15) is 0 Å². The van der Waals surface area contributed by atoms with E-state index in [2.05, 4.69) is 18.8 Å². The van der Waals surface area contributed by atoms with Gasteiger partial charge >= 0.3 is 0 Å². The molecule has 0 aliphatic rings. The molecule has 0 aliphatic carbocycles. The Morgan fingerprint density at radius 2 is 2.29 bits per heavy atom. The highest BCUT2D eigenvalue weighted by Gasteiger charge is 2.02. The summed E-state index contributed by atoms with van der Waals surface area (Å²) in [5.74, 6) is 1.77. The Hall–Kier alpha value is -0.830. The number of hydrogen-bond donors (Lipinski definition) is 0. The zero-order chi connectivity index (χ0) is 10.6. The van der Waals surface area contributed by atoms with Crippen molar-refractivity contribution in [1.82, 2.24) is 4.98 Å². The van der Waals surface area contributed by atoms with E-state index in [1.807, 2.05) is 6.07 Å². The molecule has 1 heterocycles. The Balaban J connectivity index is 2.69. The van der Waals surface area contributed by atoms with Crippen LogP contribution in [0.5, 0.6) is 0 Å². The molecule has 0 spiro atoms. The maximum Gasteiger partial charge on any atom is 0.159 e. The van der Waals surface area contributed by atoms with E-state index in [1.54, 1.807) is 30.9 Å². The van der Waals surface area contributed by atoms with Crippen LogP contribution < -0.4 is 0 Å². The molecule has 0 radical (unpaired) electrons. The first kappa shape index (κ1) is 11.2. The van der Waals surface area contributed by atoms with Crippen LogP contribution in [-0.4, -0.2) is 16.5 Å². The average Bonchev–Trinajstić information content (AvgIpc) is 2.15. The average molecular weight is 209 g/mol. The summed E-state index contributed by atoms with van der Waals surface area (Å²) in [6.45, 7) is 5.91. The monoisotopic (exact) mass is 209 g/mol. The smallest absolute Gasteiger partial charge is 0.159 e. The maximum absolute atomic E-state index is 11.1. The minimum atomic E-state index is 0.0961. The normalized spacial score (nSPS) is 10.6. The van der Waals surface area contributed by atoms with Crippen LogP contribution in [0.4, 0.5) is 0 Å². The van der Waals surface area contributed by atoms with Gasteiger partial charge in [0.15, 0.2) is 5.78 Å². The van der Waals surface area contributed by atoms with Gasteiger partial charge in [-0.1, -0.05) is 13.8 Å². The predicted octanol–water partition coefficient (Wildman–Crippen LogP) is 3.03. The van der Waals surface area contributed by atoms with Crippen molar-refractivity contribution >= 4 is 17.5 Å². The Bertz CT molecular complexity index is 323.